The second kappa shape index (κ2) is 7.55. The number of hydrogen-bond donors (Lipinski definition) is 2. The summed E-state index contributed by atoms with van der Waals surface area (Å²) in [5.74, 6) is 0.981. The Bertz CT molecular complexity index is 496. The molecule has 2 atom stereocenters. The Balaban J connectivity index is 1.42. The molecule has 22 heavy (non-hydrogen) atoms. The van der Waals surface area contributed by atoms with Crippen molar-refractivity contribution in [1.29, 1.82) is 0 Å². The van der Waals surface area contributed by atoms with Crippen LogP contribution in [0.25, 0.3) is 0 Å². The van der Waals surface area contributed by atoms with Crippen LogP contribution in [0.5, 0.6) is 0 Å². The zero-order chi connectivity index (χ0) is 15.4. The minimum Gasteiger partial charge on any atom is -0.355 e. The van der Waals surface area contributed by atoms with Crippen LogP contribution in [0.1, 0.15) is 68.0 Å². The van der Waals surface area contributed by atoms with Gasteiger partial charge in [-0.2, -0.15) is 0 Å². The fourth-order valence-corrected chi connectivity index (χ4v) is 4.60. The molecule has 0 aromatic carbocycles. The van der Waals surface area contributed by atoms with Gasteiger partial charge in [-0.05, 0) is 32.1 Å². The van der Waals surface area contributed by atoms with Crippen LogP contribution >= 0.6 is 11.3 Å². The lowest BCUT2D eigenvalue weighted by Crippen LogP contribution is -2.31. The number of amides is 1. The fraction of sp³-hybridized carbons (Fsp3) is 0.765. The highest BCUT2D eigenvalue weighted by atomic mass is 32.1. The van der Waals surface area contributed by atoms with E-state index < -0.39 is 0 Å². The van der Waals surface area contributed by atoms with Gasteiger partial charge >= 0.3 is 0 Å². The van der Waals surface area contributed by atoms with E-state index in [4.69, 9.17) is 10.7 Å². The average Bonchev–Trinajstić information content (AvgIpc) is 3.17. The maximum Gasteiger partial charge on any atom is 0.223 e. The highest BCUT2D eigenvalue weighted by Crippen LogP contribution is 2.33. The molecule has 2 saturated carbocycles. The molecule has 1 heterocycles. The topological polar surface area (TPSA) is 68.0 Å². The van der Waals surface area contributed by atoms with Gasteiger partial charge < -0.3 is 11.1 Å². The van der Waals surface area contributed by atoms with Gasteiger partial charge in [0.25, 0.3) is 0 Å². The molecule has 4 nitrogen and oxygen atoms in total. The summed E-state index contributed by atoms with van der Waals surface area (Å²) in [6.07, 6.45) is 10.3. The van der Waals surface area contributed by atoms with Gasteiger partial charge in [0.15, 0.2) is 0 Å². The molecule has 3 rings (SSSR count). The Labute approximate surface area is 136 Å². The van der Waals surface area contributed by atoms with Crippen LogP contribution in [0, 0.1) is 5.92 Å². The number of thiazole rings is 1. The summed E-state index contributed by atoms with van der Waals surface area (Å²) in [6.45, 7) is 0.697. The summed E-state index contributed by atoms with van der Waals surface area (Å²) in [7, 11) is 0. The first-order valence-corrected chi connectivity index (χ1v) is 9.58. The third-order valence-corrected chi connectivity index (χ3v) is 6.00. The van der Waals surface area contributed by atoms with Crippen molar-refractivity contribution < 1.29 is 4.79 Å². The fourth-order valence-electron chi connectivity index (χ4n) is 3.72. The van der Waals surface area contributed by atoms with E-state index in [-0.39, 0.29) is 17.9 Å². The number of aromatic nitrogens is 1. The normalized spacial score (nSPS) is 26.2. The van der Waals surface area contributed by atoms with Crippen LogP contribution in [0.3, 0.4) is 0 Å². The predicted molar refractivity (Wildman–Crippen MR) is 90.0 cm³/mol. The van der Waals surface area contributed by atoms with Crippen molar-refractivity contribution in [3.8, 4) is 0 Å². The van der Waals surface area contributed by atoms with E-state index in [1.165, 1.54) is 37.8 Å². The summed E-state index contributed by atoms with van der Waals surface area (Å²) < 4.78 is 0. The Hall–Kier alpha value is -0.940. The van der Waals surface area contributed by atoms with E-state index in [9.17, 15) is 4.79 Å². The quantitative estimate of drug-likeness (QED) is 0.876. The maximum absolute atomic E-state index is 12.0. The zero-order valence-corrected chi connectivity index (χ0v) is 14.0. The first-order chi connectivity index (χ1) is 10.7. The first kappa shape index (κ1) is 15.9. The molecule has 5 heteroatoms. The molecule has 0 aliphatic heterocycles. The predicted octanol–water partition coefficient (Wildman–Crippen LogP) is 2.98. The van der Waals surface area contributed by atoms with E-state index >= 15 is 0 Å². The van der Waals surface area contributed by atoms with Crippen LogP contribution in [0.2, 0.25) is 0 Å². The minimum atomic E-state index is 0.129. The second-order valence-electron chi connectivity index (χ2n) is 6.81. The molecule has 0 saturated heterocycles. The number of nitrogens with zero attached hydrogens (tertiary/aromatic N) is 1. The van der Waals surface area contributed by atoms with Crippen molar-refractivity contribution in [1.82, 2.24) is 10.3 Å². The lowest BCUT2D eigenvalue weighted by Gasteiger charge is -2.19. The Morgan fingerprint density at radius 3 is 2.82 bits per heavy atom. The number of carbonyl (C=O) groups excluding carboxylic acids is 1. The van der Waals surface area contributed by atoms with Gasteiger partial charge in [-0.1, -0.05) is 19.3 Å². The van der Waals surface area contributed by atoms with Gasteiger partial charge in [0.2, 0.25) is 5.91 Å². The Kier molecular flexibility index (Phi) is 5.47. The van der Waals surface area contributed by atoms with Crippen LogP contribution in [-0.4, -0.2) is 23.5 Å². The molecule has 1 aromatic rings. The standard InChI is InChI=1S/C17H27N3OS/c18-14-7-6-13(10-14)17(21)19-9-8-16-20-15(11-22-16)12-4-2-1-3-5-12/h11-14H,1-10,18H2,(H,19,21). The van der Waals surface area contributed by atoms with Crippen molar-refractivity contribution in [2.75, 3.05) is 6.54 Å². The summed E-state index contributed by atoms with van der Waals surface area (Å²) in [6, 6.07) is 0.216. The molecular weight excluding hydrogens is 294 g/mol. The van der Waals surface area contributed by atoms with E-state index in [1.807, 2.05) is 0 Å². The molecule has 0 spiro atoms. The molecule has 2 aliphatic rings. The van der Waals surface area contributed by atoms with Crippen LogP contribution < -0.4 is 11.1 Å². The van der Waals surface area contributed by atoms with Gasteiger partial charge in [-0.3, -0.25) is 4.79 Å². The molecular formula is C17H27N3OS. The number of carbonyl (C=O) groups is 1. The van der Waals surface area contributed by atoms with Crippen LogP contribution in [0.4, 0.5) is 0 Å². The second-order valence-corrected chi connectivity index (χ2v) is 7.75. The summed E-state index contributed by atoms with van der Waals surface area (Å²) in [5, 5.41) is 6.44. The first-order valence-electron chi connectivity index (χ1n) is 8.70. The third kappa shape index (κ3) is 4.07. The number of hydrogen-bond acceptors (Lipinski definition) is 4. The smallest absolute Gasteiger partial charge is 0.223 e. The van der Waals surface area contributed by atoms with Crippen molar-refractivity contribution in [2.24, 2.45) is 11.7 Å². The van der Waals surface area contributed by atoms with Crippen molar-refractivity contribution in [3.63, 3.8) is 0 Å². The highest BCUT2D eigenvalue weighted by Gasteiger charge is 2.27. The van der Waals surface area contributed by atoms with Crippen LogP contribution in [-0.2, 0) is 11.2 Å². The highest BCUT2D eigenvalue weighted by molar-refractivity contribution is 7.09. The van der Waals surface area contributed by atoms with Crippen LogP contribution in [0.15, 0.2) is 5.38 Å². The number of rotatable bonds is 5. The number of nitrogens with one attached hydrogen (secondary N) is 1. The summed E-state index contributed by atoms with van der Waals surface area (Å²) in [4.78, 5) is 16.8. The Morgan fingerprint density at radius 1 is 1.27 bits per heavy atom. The van der Waals surface area contributed by atoms with Crippen molar-refractivity contribution in [2.45, 2.75) is 69.7 Å². The summed E-state index contributed by atoms with van der Waals surface area (Å²) >= 11 is 1.75. The third-order valence-electron chi connectivity index (χ3n) is 5.08. The van der Waals surface area contributed by atoms with E-state index in [0.717, 1.165) is 30.7 Å². The van der Waals surface area contributed by atoms with Gasteiger partial charge in [0.05, 0.1) is 10.7 Å². The minimum absolute atomic E-state index is 0.129. The average molecular weight is 321 g/mol. The molecule has 0 bridgehead atoms. The lowest BCUT2D eigenvalue weighted by molar-refractivity contribution is -0.124. The molecule has 3 N–H and O–H groups in total. The monoisotopic (exact) mass is 321 g/mol. The van der Waals surface area contributed by atoms with E-state index in [2.05, 4.69) is 10.7 Å². The summed E-state index contributed by atoms with van der Waals surface area (Å²) in [5.41, 5.74) is 7.15. The van der Waals surface area contributed by atoms with Gasteiger partial charge in [0, 0.05) is 36.2 Å². The molecule has 2 fully saturated rings. The molecule has 0 radical (unpaired) electrons. The molecule has 122 valence electrons. The largest absolute Gasteiger partial charge is 0.355 e. The Morgan fingerprint density at radius 2 is 2.09 bits per heavy atom. The molecule has 1 aromatic heterocycles. The molecule has 1 amide bonds. The van der Waals surface area contributed by atoms with Crippen molar-refractivity contribution >= 4 is 17.2 Å². The molecule has 2 aliphatic carbocycles. The maximum atomic E-state index is 12.0. The van der Waals surface area contributed by atoms with Gasteiger partial charge in [-0.15, -0.1) is 11.3 Å². The molecule has 2 unspecified atom stereocenters. The van der Waals surface area contributed by atoms with Gasteiger partial charge in [-0.25, -0.2) is 4.98 Å². The van der Waals surface area contributed by atoms with E-state index in [0.29, 0.717) is 12.5 Å². The zero-order valence-electron chi connectivity index (χ0n) is 13.2. The van der Waals surface area contributed by atoms with Gasteiger partial charge in [0.1, 0.15) is 0 Å². The number of nitrogens with two attached hydrogens (primary N) is 1. The SMILES string of the molecule is NC1CCC(C(=O)NCCc2nc(C3CCCCC3)cs2)C1. The van der Waals surface area contributed by atoms with E-state index in [1.54, 1.807) is 11.3 Å². The van der Waals surface area contributed by atoms with Crippen molar-refractivity contribution in [3.05, 3.63) is 16.1 Å². The lowest BCUT2D eigenvalue weighted by atomic mass is 9.87.